The summed E-state index contributed by atoms with van der Waals surface area (Å²) in [4.78, 5) is 14.1. The molecule has 1 aliphatic carbocycles. The van der Waals surface area contributed by atoms with Crippen LogP contribution in [-0.4, -0.2) is 23.4 Å². The lowest BCUT2D eigenvalue weighted by atomic mass is 10.1. The lowest BCUT2D eigenvalue weighted by molar-refractivity contribution is -0.130. The van der Waals surface area contributed by atoms with Crippen molar-refractivity contribution in [3.8, 4) is 0 Å². The highest BCUT2D eigenvalue weighted by Gasteiger charge is 2.39. The lowest BCUT2D eigenvalue weighted by Gasteiger charge is -2.24. The largest absolute Gasteiger partial charge is 0.321 e. The Kier molecular flexibility index (Phi) is 3.04. The highest BCUT2D eigenvalue weighted by molar-refractivity contribution is 6.30. The quantitative estimate of drug-likeness (QED) is 0.910. The molecule has 0 bridgehead atoms. The van der Waals surface area contributed by atoms with E-state index in [-0.39, 0.29) is 18.1 Å². The van der Waals surface area contributed by atoms with Crippen molar-refractivity contribution in [3.63, 3.8) is 0 Å². The van der Waals surface area contributed by atoms with Gasteiger partial charge in [0.1, 0.15) is 6.17 Å². The molecule has 2 fully saturated rings. The van der Waals surface area contributed by atoms with Gasteiger partial charge >= 0.3 is 0 Å². The number of benzene rings is 1. The Labute approximate surface area is 112 Å². The fourth-order valence-electron chi connectivity index (χ4n) is 2.50. The normalized spacial score (nSPS) is 27.9. The zero-order chi connectivity index (χ0) is 12.7. The van der Waals surface area contributed by atoms with Crippen molar-refractivity contribution in [3.05, 3.63) is 34.9 Å². The van der Waals surface area contributed by atoms with Crippen molar-refractivity contribution in [1.82, 2.24) is 10.2 Å². The van der Waals surface area contributed by atoms with Gasteiger partial charge in [-0.05, 0) is 43.4 Å². The van der Waals surface area contributed by atoms with Crippen LogP contribution in [0, 0.1) is 5.92 Å². The Morgan fingerprint density at radius 3 is 2.89 bits per heavy atom. The molecule has 0 spiro atoms. The second-order valence-electron chi connectivity index (χ2n) is 5.28. The summed E-state index contributed by atoms with van der Waals surface area (Å²) in [6.07, 6.45) is 2.48. The summed E-state index contributed by atoms with van der Waals surface area (Å²) in [5, 5.41) is 4.06. The predicted molar refractivity (Wildman–Crippen MR) is 71.2 cm³/mol. The molecule has 1 saturated heterocycles. The van der Waals surface area contributed by atoms with Gasteiger partial charge in [0, 0.05) is 11.6 Å². The molecule has 1 N–H and O–H groups in total. The fourth-order valence-corrected chi connectivity index (χ4v) is 2.70. The van der Waals surface area contributed by atoms with Crippen molar-refractivity contribution in [2.45, 2.75) is 32.0 Å². The maximum atomic E-state index is 12.2. The zero-order valence-electron chi connectivity index (χ0n) is 10.4. The lowest BCUT2D eigenvalue weighted by Crippen LogP contribution is -2.32. The molecule has 2 unspecified atom stereocenters. The van der Waals surface area contributed by atoms with Crippen molar-refractivity contribution < 1.29 is 4.79 Å². The number of rotatable bonds is 3. The number of carbonyl (C=O) groups excluding carboxylic acids is 1. The predicted octanol–water partition coefficient (Wildman–Crippen LogP) is 2.57. The summed E-state index contributed by atoms with van der Waals surface area (Å²) in [6.45, 7) is 2.79. The Bertz CT molecular complexity index is 473. The average Bonchev–Trinajstić information content (AvgIpc) is 3.11. The average molecular weight is 265 g/mol. The van der Waals surface area contributed by atoms with E-state index in [9.17, 15) is 4.79 Å². The van der Waals surface area contributed by atoms with Crippen molar-refractivity contribution >= 4 is 17.5 Å². The molecule has 96 valence electrons. The topological polar surface area (TPSA) is 32.3 Å². The highest BCUT2D eigenvalue weighted by atomic mass is 35.5. The highest BCUT2D eigenvalue weighted by Crippen LogP contribution is 2.35. The second-order valence-corrected chi connectivity index (χ2v) is 5.72. The molecule has 0 radical (unpaired) electrons. The molecule has 3 nitrogen and oxygen atoms in total. The van der Waals surface area contributed by atoms with Crippen LogP contribution >= 0.6 is 11.6 Å². The molecule has 1 heterocycles. The second kappa shape index (κ2) is 4.56. The van der Waals surface area contributed by atoms with Crippen molar-refractivity contribution in [1.29, 1.82) is 0 Å². The Balaban J connectivity index is 1.86. The first kappa shape index (κ1) is 12.0. The first-order valence-electron chi connectivity index (χ1n) is 6.47. The van der Waals surface area contributed by atoms with E-state index >= 15 is 0 Å². The Morgan fingerprint density at radius 1 is 1.44 bits per heavy atom. The zero-order valence-corrected chi connectivity index (χ0v) is 11.2. The third-order valence-electron chi connectivity index (χ3n) is 3.69. The number of carbonyl (C=O) groups is 1. The van der Waals surface area contributed by atoms with Crippen LogP contribution < -0.4 is 5.32 Å². The first-order chi connectivity index (χ1) is 8.65. The maximum absolute atomic E-state index is 12.2. The molecule has 18 heavy (non-hydrogen) atoms. The smallest absolute Gasteiger partial charge is 0.241 e. The molecule has 3 rings (SSSR count). The van der Waals surface area contributed by atoms with Gasteiger partial charge in [-0.15, -0.1) is 0 Å². The molecular formula is C14H17ClN2O. The van der Waals surface area contributed by atoms with E-state index in [1.165, 1.54) is 12.8 Å². The Hall–Kier alpha value is -1.06. The van der Waals surface area contributed by atoms with Gasteiger partial charge in [-0.25, -0.2) is 0 Å². The van der Waals surface area contributed by atoms with E-state index in [2.05, 4.69) is 5.32 Å². The molecule has 1 aliphatic heterocycles. The third kappa shape index (κ3) is 2.25. The number of halogens is 1. The van der Waals surface area contributed by atoms with Gasteiger partial charge in [0.2, 0.25) is 5.91 Å². The van der Waals surface area contributed by atoms with E-state index in [1.807, 2.05) is 36.1 Å². The molecule has 1 aromatic rings. The minimum Gasteiger partial charge on any atom is -0.321 e. The van der Waals surface area contributed by atoms with Gasteiger partial charge in [0.15, 0.2) is 0 Å². The van der Waals surface area contributed by atoms with E-state index in [1.54, 1.807) is 0 Å². The minimum absolute atomic E-state index is 0.0215. The van der Waals surface area contributed by atoms with Crippen LogP contribution in [0.5, 0.6) is 0 Å². The van der Waals surface area contributed by atoms with Crippen molar-refractivity contribution in [2.75, 3.05) is 6.54 Å². The first-order valence-corrected chi connectivity index (χ1v) is 6.85. The number of hydrogen-bond acceptors (Lipinski definition) is 2. The van der Waals surface area contributed by atoms with Gasteiger partial charge in [-0.2, -0.15) is 0 Å². The molecule has 4 heteroatoms. The molecule has 1 amide bonds. The maximum Gasteiger partial charge on any atom is 0.241 e. The standard InChI is InChI=1S/C14H17ClN2O/c1-9-14(18)17(8-10-5-6-10)13(16-9)11-3-2-4-12(15)7-11/h2-4,7,9-10,13,16H,5-6,8H2,1H3. The van der Waals surface area contributed by atoms with Crippen LogP contribution in [0.3, 0.4) is 0 Å². The van der Waals surface area contributed by atoms with Crippen LogP contribution in [0.1, 0.15) is 31.5 Å². The summed E-state index contributed by atoms with van der Waals surface area (Å²) in [6, 6.07) is 7.64. The van der Waals surface area contributed by atoms with Gasteiger partial charge in [-0.3, -0.25) is 10.1 Å². The van der Waals surface area contributed by atoms with Crippen LogP contribution in [0.2, 0.25) is 5.02 Å². The SMILES string of the molecule is CC1NC(c2cccc(Cl)c2)N(CC2CC2)C1=O. The van der Waals surface area contributed by atoms with Gasteiger partial charge in [0.25, 0.3) is 0 Å². The number of nitrogens with zero attached hydrogens (tertiary/aromatic N) is 1. The summed E-state index contributed by atoms with van der Waals surface area (Å²) in [5.41, 5.74) is 1.07. The molecule has 2 atom stereocenters. The van der Waals surface area contributed by atoms with Gasteiger partial charge in [-0.1, -0.05) is 23.7 Å². The Morgan fingerprint density at radius 2 is 2.22 bits per heavy atom. The molecule has 0 aromatic heterocycles. The summed E-state index contributed by atoms with van der Waals surface area (Å²) in [5.74, 6) is 0.898. The molecule has 1 saturated carbocycles. The number of hydrogen-bond donors (Lipinski definition) is 1. The minimum atomic E-state index is -0.104. The van der Waals surface area contributed by atoms with E-state index in [0.29, 0.717) is 10.9 Å². The van der Waals surface area contributed by atoms with Crippen LogP contribution in [0.15, 0.2) is 24.3 Å². The number of amides is 1. The van der Waals surface area contributed by atoms with Crippen LogP contribution in [-0.2, 0) is 4.79 Å². The van der Waals surface area contributed by atoms with E-state index in [0.717, 1.165) is 12.1 Å². The van der Waals surface area contributed by atoms with Crippen LogP contribution in [0.25, 0.3) is 0 Å². The number of nitrogens with one attached hydrogen (secondary N) is 1. The van der Waals surface area contributed by atoms with Crippen molar-refractivity contribution in [2.24, 2.45) is 5.92 Å². The monoisotopic (exact) mass is 264 g/mol. The molecule has 2 aliphatic rings. The summed E-state index contributed by atoms with van der Waals surface area (Å²) >= 11 is 6.03. The molecular weight excluding hydrogens is 248 g/mol. The fraction of sp³-hybridized carbons (Fsp3) is 0.500. The summed E-state index contributed by atoms with van der Waals surface area (Å²) < 4.78 is 0. The van der Waals surface area contributed by atoms with Gasteiger partial charge < -0.3 is 4.90 Å². The van der Waals surface area contributed by atoms with E-state index in [4.69, 9.17) is 11.6 Å². The summed E-state index contributed by atoms with van der Waals surface area (Å²) in [7, 11) is 0. The molecule has 1 aromatic carbocycles. The third-order valence-corrected chi connectivity index (χ3v) is 3.92. The van der Waals surface area contributed by atoms with Gasteiger partial charge in [0.05, 0.1) is 6.04 Å². The van der Waals surface area contributed by atoms with E-state index < -0.39 is 0 Å². The van der Waals surface area contributed by atoms with Crippen LogP contribution in [0.4, 0.5) is 0 Å².